The van der Waals surface area contributed by atoms with Crippen LogP contribution < -0.4 is 5.32 Å². The number of thiophene rings is 1. The lowest BCUT2D eigenvalue weighted by molar-refractivity contribution is -0.119. The van der Waals surface area contributed by atoms with E-state index in [1.165, 1.54) is 11.3 Å². The van der Waals surface area contributed by atoms with Gasteiger partial charge in [0.25, 0.3) is 0 Å². The minimum Gasteiger partial charge on any atom is -0.353 e. The van der Waals surface area contributed by atoms with Gasteiger partial charge in [-0.1, -0.05) is 6.07 Å². The van der Waals surface area contributed by atoms with Crippen molar-refractivity contribution in [2.24, 2.45) is 0 Å². The van der Waals surface area contributed by atoms with Gasteiger partial charge in [-0.15, -0.1) is 11.3 Å². The van der Waals surface area contributed by atoms with Crippen LogP contribution in [0.1, 0.15) is 18.7 Å². The molecule has 0 aliphatic carbocycles. The topological polar surface area (TPSA) is 63.2 Å². The minimum absolute atomic E-state index is 0.0376. The molecule has 0 saturated carbocycles. The van der Waals surface area contributed by atoms with Gasteiger partial charge in [0.1, 0.15) is 5.75 Å². The van der Waals surface area contributed by atoms with Crippen molar-refractivity contribution in [1.82, 2.24) is 5.32 Å². The van der Waals surface area contributed by atoms with Crippen molar-refractivity contribution in [2.75, 3.05) is 5.75 Å². The smallest absolute Gasteiger partial charge is 0.235 e. The molecule has 0 radical (unpaired) electrons. The van der Waals surface area contributed by atoms with E-state index < -0.39 is 21.5 Å². The summed E-state index contributed by atoms with van der Waals surface area (Å²) in [6, 6.07) is 3.51. The third kappa shape index (κ3) is 4.76. The number of sulfone groups is 1. The molecule has 1 aromatic rings. The first-order valence-corrected chi connectivity index (χ1v) is 7.61. The Morgan fingerprint density at radius 1 is 1.50 bits per heavy atom. The highest BCUT2D eigenvalue weighted by molar-refractivity contribution is 7.91. The molecule has 0 unspecified atom stereocenters. The number of carbonyl (C=O) groups is 1. The van der Waals surface area contributed by atoms with Crippen LogP contribution in [0.3, 0.4) is 0 Å². The molecular formula is C10H15NO3S2. The third-order valence-corrected chi connectivity index (χ3v) is 4.25. The highest BCUT2D eigenvalue weighted by atomic mass is 32.2. The van der Waals surface area contributed by atoms with Crippen LogP contribution in [0, 0.1) is 0 Å². The van der Waals surface area contributed by atoms with Gasteiger partial charge in [0.2, 0.25) is 5.91 Å². The lowest BCUT2D eigenvalue weighted by atomic mass is 10.4. The van der Waals surface area contributed by atoms with Gasteiger partial charge in [-0.3, -0.25) is 4.79 Å². The fraction of sp³-hybridized carbons (Fsp3) is 0.500. The van der Waals surface area contributed by atoms with Gasteiger partial charge < -0.3 is 5.32 Å². The average molecular weight is 261 g/mol. The molecule has 0 spiro atoms. The van der Waals surface area contributed by atoms with Gasteiger partial charge in [-0.25, -0.2) is 8.42 Å². The molecule has 0 bridgehead atoms. The molecule has 1 N–H and O–H groups in total. The Morgan fingerprint density at radius 2 is 2.19 bits per heavy atom. The Balaban J connectivity index is 2.55. The molecule has 0 aliphatic rings. The summed E-state index contributed by atoms with van der Waals surface area (Å²) in [4.78, 5) is 12.1. The maximum atomic E-state index is 11.6. The fourth-order valence-electron chi connectivity index (χ4n) is 1.23. The van der Waals surface area contributed by atoms with E-state index in [9.17, 15) is 13.2 Å². The summed E-state index contributed by atoms with van der Waals surface area (Å²) in [7, 11) is -3.35. The van der Waals surface area contributed by atoms with Crippen molar-refractivity contribution in [1.29, 1.82) is 0 Å². The SMILES string of the molecule is CC(C)NC(=O)CS(=O)(=O)Cc1cccs1. The molecule has 1 heterocycles. The number of rotatable bonds is 5. The first-order chi connectivity index (χ1) is 7.39. The van der Waals surface area contributed by atoms with Crippen LogP contribution in [0.2, 0.25) is 0 Å². The van der Waals surface area contributed by atoms with E-state index in [1.54, 1.807) is 26.0 Å². The molecule has 1 amide bonds. The maximum absolute atomic E-state index is 11.6. The van der Waals surface area contributed by atoms with E-state index in [1.807, 2.05) is 5.38 Å². The molecule has 4 nitrogen and oxygen atoms in total. The lowest BCUT2D eigenvalue weighted by Gasteiger charge is -2.08. The molecule has 0 atom stereocenters. The van der Waals surface area contributed by atoms with Gasteiger partial charge in [0, 0.05) is 10.9 Å². The molecule has 0 aromatic carbocycles. The van der Waals surface area contributed by atoms with Gasteiger partial charge in [-0.2, -0.15) is 0 Å². The summed E-state index contributed by atoms with van der Waals surface area (Å²) in [5.74, 6) is -0.939. The Bertz CT molecular complexity index is 435. The monoisotopic (exact) mass is 261 g/mol. The summed E-state index contributed by atoms with van der Waals surface area (Å²) in [5, 5.41) is 4.38. The predicted molar refractivity (Wildman–Crippen MR) is 65.1 cm³/mol. The quantitative estimate of drug-likeness (QED) is 0.866. The third-order valence-electron chi connectivity index (χ3n) is 1.74. The van der Waals surface area contributed by atoms with Crippen LogP contribution in [0.15, 0.2) is 17.5 Å². The molecule has 0 fully saturated rings. The van der Waals surface area contributed by atoms with E-state index >= 15 is 0 Å². The van der Waals surface area contributed by atoms with Crippen molar-refractivity contribution in [3.8, 4) is 0 Å². The van der Waals surface area contributed by atoms with Crippen molar-refractivity contribution >= 4 is 27.1 Å². The average Bonchev–Trinajstić information content (AvgIpc) is 2.51. The molecule has 0 aliphatic heterocycles. The van der Waals surface area contributed by atoms with Crippen LogP contribution in [-0.4, -0.2) is 26.1 Å². The van der Waals surface area contributed by atoms with Crippen molar-refractivity contribution in [2.45, 2.75) is 25.6 Å². The fourth-order valence-corrected chi connectivity index (χ4v) is 3.64. The zero-order valence-corrected chi connectivity index (χ0v) is 10.9. The Labute approximate surface area is 99.6 Å². The molecular weight excluding hydrogens is 246 g/mol. The lowest BCUT2D eigenvalue weighted by Crippen LogP contribution is -2.35. The first-order valence-electron chi connectivity index (χ1n) is 4.91. The van der Waals surface area contributed by atoms with Crippen molar-refractivity contribution in [3.05, 3.63) is 22.4 Å². The molecule has 6 heteroatoms. The second kappa shape index (κ2) is 5.45. The summed E-state index contributed by atoms with van der Waals surface area (Å²) in [6.45, 7) is 3.59. The molecule has 16 heavy (non-hydrogen) atoms. The number of carbonyl (C=O) groups excluding carboxylic acids is 1. The van der Waals surface area contributed by atoms with E-state index in [0.29, 0.717) is 0 Å². The summed E-state index contributed by atoms with van der Waals surface area (Å²) < 4.78 is 23.3. The maximum Gasteiger partial charge on any atom is 0.235 e. The van der Waals surface area contributed by atoms with Crippen LogP contribution in [-0.2, 0) is 20.4 Å². The predicted octanol–water partition coefficient (Wildman–Crippen LogP) is 1.19. The Kier molecular flexibility index (Phi) is 4.49. The van der Waals surface area contributed by atoms with Gasteiger partial charge in [-0.05, 0) is 25.3 Å². The van der Waals surface area contributed by atoms with Crippen LogP contribution in [0.25, 0.3) is 0 Å². The first kappa shape index (κ1) is 13.2. The number of hydrogen-bond donors (Lipinski definition) is 1. The van der Waals surface area contributed by atoms with Crippen LogP contribution >= 0.6 is 11.3 Å². The summed E-state index contributed by atoms with van der Waals surface area (Å²) in [5.41, 5.74) is 0. The van der Waals surface area contributed by atoms with Crippen LogP contribution in [0.4, 0.5) is 0 Å². The summed E-state index contributed by atoms with van der Waals surface area (Å²) in [6.07, 6.45) is 0. The van der Waals surface area contributed by atoms with E-state index in [0.717, 1.165) is 4.88 Å². The highest BCUT2D eigenvalue weighted by Gasteiger charge is 2.18. The van der Waals surface area contributed by atoms with Gasteiger partial charge >= 0.3 is 0 Å². The number of hydrogen-bond acceptors (Lipinski definition) is 4. The van der Waals surface area contributed by atoms with Crippen molar-refractivity contribution < 1.29 is 13.2 Å². The molecule has 1 aromatic heterocycles. The molecule has 90 valence electrons. The van der Waals surface area contributed by atoms with Gasteiger partial charge in [0.05, 0.1) is 5.75 Å². The van der Waals surface area contributed by atoms with E-state index in [4.69, 9.17) is 0 Å². The van der Waals surface area contributed by atoms with E-state index in [-0.39, 0.29) is 11.8 Å². The van der Waals surface area contributed by atoms with E-state index in [2.05, 4.69) is 5.32 Å². The Morgan fingerprint density at radius 3 is 2.69 bits per heavy atom. The second-order valence-electron chi connectivity index (χ2n) is 3.83. The zero-order valence-electron chi connectivity index (χ0n) is 9.26. The summed E-state index contributed by atoms with van der Waals surface area (Å²) >= 11 is 1.38. The number of nitrogens with one attached hydrogen (secondary N) is 1. The zero-order chi connectivity index (χ0) is 12.2. The van der Waals surface area contributed by atoms with Crippen molar-refractivity contribution in [3.63, 3.8) is 0 Å². The van der Waals surface area contributed by atoms with Crippen LogP contribution in [0.5, 0.6) is 0 Å². The molecule has 1 rings (SSSR count). The van der Waals surface area contributed by atoms with Gasteiger partial charge in [0.15, 0.2) is 9.84 Å². The standard InChI is InChI=1S/C10H15NO3S2/c1-8(2)11-10(12)7-16(13,14)6-9-4-3-5-15-9/h3-5,8H,6-7H2,1-2H3,(H,11,12). The second-order valence-corrected chi connectivity index (χ2v) is 6.93. The number of amides is 1. The Hall–Kier alpha value is -0.880. The normalized spacial score (nSPS) is 11.7. The minimum atomic E-state index is -3.35. The highest BCUT2D eigenvalue weighted by Crippen LogP contribution is 2.12. The largest absolute Gasteiger partial charge is 0.353 e. The molecule has 0 saturated heterocycles.